The number of nitrogens with one attached hydrogen (secondary N) is 2. The Kier molecular flexibility index (Phi) is 7.58. The van der Waals surface area contributed by atoms with E-state index in [1.807, 2.05) is 0 Å². The van der Waals surface area contributed by atoms with Crippen LogP contribution in [-0.4, -0.2) is 38.6 Å². The van der Waals surface area contributed by atoms with E-state index in [0.29, 0.717) is 28.1 Å². The molecule has 0 aliphatic rings. The van der Waals surface area contributed by atoms with Crippen LogP contribution in [0.2, 0.25) is 0 Å². The number of ether oxygens (including phenoxy) is 4. The van der Waals surface area contributed by atoms with Crippen LogP contribution < -0.4 is 29.7 Å². The van der Waals surface area contributed by atoms with Crippen molar-refractivity contribution in [3.8, 4) is 23.0 Å². The first-order valence-electron chi connectivity index (χ1n) is 8.15. The quantitative estimate of drug-likeness (QED) is 0.240. The minimum atomic E-state index is -0.423. The van der Waals surface area contributed by atoms with Crippen molar-refractivity contribution in [1.29, 1.82) is 0 Å². The van der Waals surface area contributed by atoms with E-state index in [0.717, 1.165) is 11.3 Å². The fourth-order valence-corrected chi connectivity index (χ4v) is 2.41. The Labute approximate surface area is 168 Å². The minimum Gasteiger partial charge on any atom is -0.493 e. The highest BCUT2D eigenvalue weighted by atomic mass is 32.1. The summed E-state index contributed by atoms with van der Waals surface area (Å²) >= 11 is 5.22. The molecule has 2 aromatic carbocycles. The number of benzene rings is 2. The summed E-state index contributed by atoms with van der Waals surface area (Å²) in [5.41, 5.74) is 4.17. The predicted molar refractivity (Wildman–Crippen MR) is 111 cm³/mol. The third-order valence-electron chi connectivity index (χ3n) is 3.46. The van der Waals surface area contributed by atoms with Gasteiger partial charge < -0.3 is 24.3 Å². The van der Waals surface area contributed by atoms with Gasteiger partial charge in [0.1, 0.15) is 0 Å². The van der Waals surface area contributed by atoms with Gasteiger partial charge in [0.15, 0.2) is 28.1 Å². The number of esters is 1. The zero-order valence-corrected chi connectivity index (χ0v) is 16.8. The van der Waals surface area contributed by atoms with Gasteiger partial charge in [-0.25, -0.2) is 0 Å². The Balaban J connectivity index is 1.98. The van der Waals surface area contributed by atoms with Gasteiger partial charge in [0, 0.05) is 18.7 Å². The molecule has 0 unspecified atom stereocenters. The molecular formula is C19H21N3O5S. The van der Waals surface area contributed by atoms with E-state index in [1.54, 1.807) is 56.8 Å². The van der Waals surface area contributed by atoms with Crippen LogP contribution in [0.5, 0.6) is 23.0 Å². The standard InChI is InChI=1S/C19H21N3O5S/c1-12(23)27-16-7-5-13(9-17(16)25-3)11-20-22-19(28)21-14-6-8-15(24-2)18(10-14)26-4/h5-11H,1-4H3,(H2,21,22,28)/b20-11-. The highest BCUT2D eigenvalue weighted by Gasteiger charge is 2.08. The third-order valence-corrected chi connectivity index (χ3v) is 3.66. The number of methoxy groups -OCH3 is 3. The fraction of sp³-hybridized carbons (Fsp3) is 0.211. The average Bonchev–Trinajstić information content (AvgIpc) is 2.68. The van der Waals surface area contributed by atoms with Crippen LogP contribution in [0.3, 0.4) is 0 Å². The summed E-state index contributed by atoms with van der Waals surface area (Å²) in [5.74, 6) is 1.54. The van der Waals surface area contributed by atoms with E-state index in [2.05, 4.69) is 15.8 Å². The molecule has 0 amide bonds. The summed E-state index contributed by atoms with van der Waals surface area (Å²) in [6.45, 7) is 1.32. The van der Waals surface area contributed by atoms with Crippen LogP contribution in [0.15, 0.2) is 41.5 Å². The second-order valence-corrected chi connectivity index (χ2v) is 5.81. The highest BCUT2D eigenvalue weighted by molar-refractivity contribution is 7.80. The van der Waals surface area contributed by atoms with Gasteiger partial charge in [0.25, 0.3) is 0 Å². The van der Waals surface area contributed by atoms with Gasteiger partial charge in [-0.3, -0.25) is 10.2 Å². The van der Waals surface area contributed by atoms with Gasteiger partial charge in [0.05, 0.1) is 27.5 Å². The molecule has 0 saturated heterocycles. The summed E-state index contributed by atoms with van der Waals surface area (Å²) < 4.78 is 20.7. The van der Waals surface area contributed by atoms with Crippen molar-refractivity contribution < 1.29 is 23.7 Å². The molecule has 0 spiro atoms. The van der Waals surface area contributed by atoms with Crippen LogP contribution >= 0.6 is 12.2 Å². The van der Waals surface area contributed by atoms with E-state index < -0.39 is 5.97 Å². The largest absolute Gasteiger partial charge is 0.493 e. The predicted octanol–water partition coefficient (Wildman–Crippen LogP) is 2.96. The van der Waals surface area contributed by atoms with Crippen molar-refractivity contribution >= 4 is 35.2 Å². The summed E-state index contributed by atoms with van der Waals surface area (Å²) in [6, 6.07) is 10.4. The maximum absolute atomic E-state index is 11.1. The lowest BCUT2D eigenvalue weighted by Gasteiger charge is -2.11. The molecular weight excluding hydrogens is 382 g/mol. The maximum atomic E-state index is 11.1. The third kappa shape index (κ3) is 5.85. The molecule has 0 fully saturated rings. The first kappa shape index (κ1) is 21.0. The summed E-state index contributed by atoms with van der Waals surface area (Å²) in [4.78, 5) is 11.1. The highest BCUT2D eigenvalue weighted by Crippen LogP contribution is 2.30. The number of carbonyl (C=O) groups is 1. The molecule has 2 rings (SSSR count). The zero-order chi connectivity index (χ0) is 20.5. The number of carbonyl (C=O) groups excluding carboxylic acids is 1. The monoisotopic (exact) mass is 403 g/mol. The van der Waals surface area contributed by atoms with Gasteiger partial charge in [-0.2, -0.15) is 5.10 Å². The van der Waals surface area contributed by atoms with Crippen molar-refractivity contribution in [2.45, 2.75) is 6.92 Å². The molecule has 0 aliphatic carbocycles. The number of anilines is 1. The van der Waals surface area contributed by atoms with Gasteiger partial charge >= 0.3 is 5.97 Å². The van der Waals surface area contributed by atoms with Gasteiger partial charge in [0.2, 0.25) is 0 Å². The van der Waals surface area contributed by atoms with Crippen LogP contribution in [0, 0.1) is 0 Å². The number of nitrogens with zero attached hydrogens (tertiary/aromatic N) is 1. The summed E-state index contributed by atoms with van der Waals surface area (Å²) in [6.07, 6.45) is 1.56. The smallest absolute Gasteiger partial charge is 0.308 e. The van der Waals surface area contributed by atoms with Crippen LogP contribution in [-0.2, 0) is 4.79 Å². The maximum Gasteiger partial charge on any atom is 0.308 e. The number of hydrogen-bond acceptors (Lipinski definition) is 7. The van der Waals surface area contributed by atoms with Gasteiger partial charge in [-0.05, 0) is 48.1 Å². The molecule has 0 aromatic heterocycles. The lowest BCUT2D eigenvalue weighted by atomic mass is 10.2. The Morgan fingerprint density at radius 2 is 1.61 bits per heavy atom. The van der Waals surface area contributed by atoms with E-state index in [-0.39, 0.29) is 0 Å². The Bertz CT molecular complexity index is 886. The molecule has 0 heterocycles. The number of hydrazone groups is 1. The van der Waals surface area contributed by atoms with Crippen LogP contribution in [0.4, 0.5) is 5.69 Å². The molecule has 0 atom stereocenters. The van der Waals surface area contributed by atoms with Crippen molar-refractivity contribution in [2.75, 3.05) is 26.6 Å². The first-order valence-corrected chi connectivity index (χ1v) is 8.56. The van der Waals surface area contributed by atoms with Gasteiger partial charge in [-0.1, -0.05) is 0 Å². The number of rotatable bonds is 7. The first-order chi connectivity index (χ1) is 13.5. The fourth-order valence-electron chi connectivity index (χ4n) is 2.24. The minimum absolute atomic E-state index is 0.298. The second kappa shape index (κ2) is 10.1. The second-order valence-electron chi connectivity index (χ2n) is 5.40. The molecule has 2 aromatic rings. The molecule has 0 saturated carbocycles. The lowest BCUT2D eigenvalue weighted by molar-refractivity contribution is -0.132. The molecule has 28 heavy (non-hydrogen) atoms. The van der Waals surface area contributed by atoms with E-state index in [4.69, 9.17) is 31.2 Å². The van der Waals surface area contributed by atoms with Crippen LogP contribution in [0.1, 0.15) is 12.5 Å². The number of hydrogen-bond donors (Lipinski definition) is 2. The Morgan fingerprint density at radius 1 is 0.964 bits per heavy atom. The Hall–Kier alpha value is -3.33. The van der Waals surface area contributed by atoms with Crippen molar-refractivity contribution in [3.63, 3.8) is 0 Å². The number of thiocarbonyl (C=S) groups is 1. The molecule has 2 N–H and O–H groups in total. The van der Waals surface area contributed by atoms with Gasteiger partial charge in [-0.15, -0.1) is 0 Å². The van der Waals surface area contributed by atoms with E-state index in [9.17, 15) is 4.79 Å². The SMILES string of the molecule is COc1ccc(NC(=S)N/N=C\c2ccc(OC(C)=O)c(OC)c2)cc1OC. The zero-order valence-electron chi connectivity index (χ0n) is 15.9. The van der Waals surface area contributed by atoms with Crippen molar-refractivity contribution in [1.82, 2.24) is 5.43 Å². The van der Waals surface area contributed by atoms with Crippen molar-refractivity contribution in [3.05, 3.63) is 42.0 Å². The van der Waals surface area contributed by atoms with E-state index >= 15 is 0 Å². The van der Waals surface area contributed by atoms with Crippen molar-refractivity contribution in [2.24, 2.45) is 5.10 Å². The molecule has 148 valence electrons. The molecule has 0 radical (unpaired) electrons. The molecule has 8 nitrogen and oxygen atoms in total. The van der Waals surface area contributed by atoms with E-state index in [1.165, 1.54) is 14.0 Å². The summed E-state index contributed by atoms with van der Waals surface area (Å²) in [5, 5.41) is 7.38. The lowest BCUT2D eigenvalue weighted by Crippen LogP contribution is -2.23. The summed E-state index contributed by atoms with van der Waals surface area (Å²) in [7, 11) is 4.62. The molecule has 0 aliphatic heterocycles. The average molecular weight is 403 g/mol. The molecule has 0 bridgehead atoms. The Morgan fingerprint density at radius 3 is 2.25 bits per heavy atom. The topological polar surface area (TPSA) is 90.4 Å². The molecule has 9 heteroatoms. The normalized spacial score (nSPS) is 10.3. The van der Waals surface area contributed by atoms with Crippen LogP contribution in [0.25, 0.3) is 0 Å².